The number of aromatic nitrogens is 5. The van der Waals surface area contributed by atoms with Crippen molar-refractivity contribution in [2.75, 3.05) is 7.11 Å². The van der Waals surface area contributed by atoms with Gasteiger partial charge in [0.1, 0.15) is 0 Å². The van der Waals surface area contributed by atoms with E-state index in [1.807, 2.05) is 25.2 Å². The first-order chi connectivity index (χ1) is 11.2. The normalized spacial score (nSPS) is 20.9. The molecule has 0 aliphatic carbocycles. The van der Waals surface area contributed by atoms with Crippen molar-refractivity contribution in [3.8, 4) is 11.7 Å². The summed E-state index contributed by atoms with van der Waals surface area (Å²) in [5, 5.41) is 8.55. The van der Waals surface area contributed by atoms with Crippen molar-refractivity contribution in [1.29, 1.82) is 0 Å². The summed E-state index contributed by atoms with van der Waals surface area (Å²) in [5.74, 6) is 1.24. The van der Waals surface area contributed by atoms with Gasteiger partial charge in [-0.25, -0.2) is 13.8 Å². The molecular weight excluding hydrogens is 297 g/mol. The number of hydrogen-bond acceptors (Lipinski definition) is 4. The van der Waals surface area contributed by atoms with Gasteiger partial charge in [-0.2, -0.15) is 10.1 Å². The van der Waals surface area contributed by atoms with Crippen molar-refractivity contribution in [3.05, 3.63) is 54.7 Å². The number of halogens is 1. The Labute approximate surface area is 133 Å². The summed E-state index contributed by atoms with van der Waals surface area (Å²) in [6.45, 7) is 5.64. The summed E-state index contributed by atoms with van der Waals surface area (Å²) >= 11 is 0. The van der Waals surface area contributed by atoms with Gasteiger partial charge in [0, 0.05) is 6.42 Å². The van der Waals surface area contributed by atoms with Gasteiger partial charge in [0.15, 0.2) is 17.7 Å². The number of nitrogens with zero attached hydrogens (tertiary/aromatic N) is 5. The lowest BCUT2D eigenvalue weighted by molar-refractivity contribution is 0.328. The minimum atomic E-state index is -1.16. The molecule has 0 spiro atoms. The number of ether oxygens (including phenoxy) is 1. The zero-order valence-electron chi connectivity index (χ0n) is 13.1. The molecule has 2 aromatic heterocycles. The molecule has 0 saturated heterocycles. The smallest absolute Gasteiger partial charge is 0.269 e. The van der Waals surface area contributed by atoms with Crippen LogP contribution in [0.2, 0.25) is 0 Å². The zero-order valence-corrected chi connectivity index (χ0v) is 13.1. The predicted octanol–water partition coefficient (Wildman–Crippen LogP) is 3.12. The fraction of sp³-hybridized carbons (Fsp3) is 0.312. The summed E-state index contributed by atoms with van der Waals surface area (Å²) in [4.78, 5) is 4.29. The van der Waals surface area contributed by atoms with Crippen molar-refractivity contribution in [3.63, 3.8) is 0 Å². The Kier molecular flexibility index (Phi) is 4.10. The van der Waals surface area contributed by atoms with Crippen LogP contribution in [-0.2, 0) is 0 Å². The summed E-state index contributed by atoms with van der Waals surface area (Å²) in [6.07, 6.45) is 9.78. The SMILES string of the molecule is C=C/C=C(\C=C/C)[C@@H]1C[C@H](F)c2nc(-n3cc(OC)cn3)nn21. The van der Waals surface area contributed by atoms with Crippen molar-refractivity contribution < 1.29 is 9.13 Å². The molecule has 0 fully saturated rings. The molecule has 0 N–H and O–H groups in total. The van der Waals surface area contributed by atoms with Gasteiger partial charge in [-0.3, -0.25) is 0 Å². The number of rotatable bonds is 5. The molecule has 1 aliphatic heterocycles. The van der Waals surface area contributed by atoms with Crippen LogP contribution < -0.4 is 4.74 Å². The number of alkyl halides is 1. The average Bonchev–Trinajstić information content (AvgIpc) is 3.23. The van der Waals surface area contributed by atoms with E-state index in [1.54, 1.807) is 30.3 Å². The molecule has 0 amide bonds. The summed E-state index contributed by atoms with van der Waals surface area (Å²) in [5.41, 5.74) is 0.943. The zero-order chi connectivity index (χ0) is 16.4. The highest BCUT2D eigenvalue weighted by Gasteiger charge is 2.36. The lowest BCUT2D eigenvalue weighted by atomic mass is 10.0. The van der Waals surface area contributed by atoms with Crippen molar-refractivity contribution >= 4 is 0 Å². The molecule has 1 aliphatic rings. The van der Waals surface area contributed by atoms with E-state index in [0.717, 1.165) is 5.57 Å². The summed E-state index contributed by atoms with van der Waals surface area (Å²) < 4.78 is 22.5. The van der Waals surface area contributed by atoms with E-state index in [2.05, 4.69) is 21.8 Å². The molecule has 3 heterocycles. The first-order valence-corrected chi connectivity index (χ1v) is 7.32. The standard InChI is InChI=1S/C16H18FN5O/c1-4-6-11(7-5-2)14-8-13(17)15-19-16(20-22(14)15)21-10-12(23-3)9-18-21/h4-7,9-10,13-14H,1,8H2,2-3H3/b7-5-,11-6+/t13-,14-/m0/s1. The highest BCUT2D eigenvalue weighted by molar-refractivity contribution is 5.31. The van der Waals surface area contributed by atoms with Crippen molar-refractivity contribution in [1.82, 2.24) is 24.5 Å². The molecule has 0 aromatic carbocycles. The fourth-order valence-electron chi connectivity index (χ4n) is 2.67. The Bertz CT molecular complexity index is 773. The largest absolute Gasteiger partial charge is 0.493 e. The molecular formula is C16H18FN5O. The van der Waals surface area contributed by atoms with Crippen LogP contribution in [0.1, 0.15) is 31.4 Å². The lowest BCUT2D eigenvalue weighted by Gasteiger charge is -2.12. The quantitative estimate of drug-likeness (QED) is 0.796. The minimum absolute atomic E-state index is 0.201. The van der Waals surface area contributed by atoms with Gasteiger partial charge >= 0.3 is 0 Å². The molecule has 120 valence electrons. The van der Waals surface area contributed by atoms with Crippen LogP contribution in [0.4, 0.5) is 4.39 Å². The van der Waals surface area contributed by atoms with Gasteiger partial charge in [-0.05, 0) is 12.5 Å². The second kappa shape index (κ2) is 6.20. The van der Waals surface area contributed by atoms with E-state index >= 15 is 0 Å². The second-order valence-electron chi connectivity index (χ2n) is 5.16. The monoisotopic (exact) mass is 315 g/mol. The molecule has 23 heavy (non-hydrogen) atoms. The summed E-state index contributed by atoms with van der Waals surface area (Å²) in [6, 6.07) is -0.201. The van der Waals surface area contributed by atoms with Crippen LogP contribution in [0, 0.1) is 0 Å². The fourth-order valence-corrected chi connectivity index (χ4v) is 2.67. The Hall–Kier alpha value is -2.70. The third-order valence-corrected chi connectivity index (χ3v) is 3.71. The van der Waals surface area contributed by atoms with E-state index in [1.165, 1.54) is 4.68 Å². The van der Waals surface area contributed by atoms with Gasteiger partial charge in [0.05, 0.1) is 25.5 Å². The molecule has 2 aromatic rings. The van der Waals surface area contributed by atoms with E-state index < -0.39 is 6.17 Å². The summed E-state index contributed by atoms with van der Waals surface area (Å²) in [7, 11) is 1.55. The van der Waals surface area contributed by atoms with Crippen LogP contribution >= 0.6 is 0 Å². The maximum absolute atomic E-state index is 14.4. The maximum Gasteiger partial charge on any atom is 0.269 e. The number of allylic oxidation sites excluding steroid dienone is 5. The minimum Gasteiger partial charge on any atom is -0.493 e. The van der Waals surface area contributed by atoms with Gasteiger partial charge in [0.25, 0.3) is 5.95 Å². The van der Waals surface area contributed by atoms with E-state index in [4.69, 9.17) is 4.74 Å². The van der Waals surface area contributed by atoms with E-state index in [0.29, 0.717) is 23.9 Å². The van der Waals surface area contributed by atoms with Crippen LogP contribution in [0.5, 0.6) is 5.75 Å². The highest BCUT2D eigenvalue weighted by Crippen LogP contribution is 2.40. The molecule has 6 nitrogen and oxygen atoms in total. The Morgan fingerprint density at radius 2 is 2.35 bits per heavy atom. The molecule has 3 rings (SSSR count). The Morgan fingerprint density at radius 3 is 3.00 bits per heavy atom. The second-order valence-corrected chi connectivity index (χ2v) is 5.16. The highest BCUT2D eigenvalue weighted by atomic mass is 19.1. The van der Waals surface area contributed by atoms with Crippen molar-refractivity contribution in [2.24, 2.45) is 0 Å². The Morgan fingerprint density at radius 1 is 1.52 bits per heavy atom. The van der Waals surface area contributed by atoms with Gasteiger partial charge in [-0.15, -0.1) is 5.10 Å². The Balaban J connectivity index is 2.00. The van der Waals surface area contributed by atoms with E-state index in [-0.39, 0.29) is 6.04 Å². The van der Waals surface area contributed by atoms with Gasteiger partial charge in [0.2, 0.25) is 0 Å². The van der Waals surface area contributed by atoms with Crippen LogP contribution in [0.15, 0.2) is 48.8 Å². The molecule has 2 atom stereocenters. The van der Waals surface area contributed by atoms with Crippen LogP contribution in [-0.4, -0.2) is 31.7 Å². The molecule has 0 bridgehead atoms. The first-order valence-electron chi connectivity index (χ1n) is 7.32. The predicted molar refractivity (Wildman–Crippen MR) is 84.3 cm³/mol. The molecule has 0 saturated carbocycles. The van der Waals surface area contributed by atoms with Crippen LogP contribution in [0.3, 0.4) is 0 Å². The number of fused-ring (bicyclic) bond motifs is 1. The number of hydrogen-bond donors (Lipinski definition) is 0. The third-order valence-electron chi connectivity index (χ3n) is 3.71. The topological polar surface area (TPSA) is 57.8 Å². The lowest BCUT2D eigenvalue weighted by Crippen LogP contribution is -2.09. The van der Waals surface area contributed by atoms with Gasteiger partial charge in [-0.1, -0.05) is 30.9 Å². The average molecular weight is 315 g/mol. The van der Waals surface area contributed by atoms with Crippen molar-refractivity contribution in [2.45, 2.75) is 25.6 Å². The van der Waals surface area contributed by atoms with E-state index in [9.17, 15) is 4.39 Å². The maximum atomic E-state index is 14.4. The molecule has 0 unspecified atom stereocenters. The third kappa shape index (κ3) is 2.69. The first kappa shape index (κ1) is 15.2. The molecule has 7 heteroatoms. The number of methoxy groups -OCH3 is 1. The van der Waals surface area contributed by atoms with Gasteiger partial charge < -0.3 is 4.74 Å². The van der Waals surface area contributed by atoms with Crippen LogP contribution in [0.25, 0.3) is 5.95 Å². The molecule has 0 radical (unpaired) electrons.